The Morgan fingerprint density at radius 1 is 0.646 bits per heavy atom. The summed E-state index contributed by atoms with van der Waals surface area (Å²) in [4.78, 5) is 1.89. The van der Waals surface area contributed by atoms with Crippen molar-refractivity contribution >= 4 is 85.1 Å². The number of benzene rings is 4. The summed E-state index contributed by atoms with van der Waals surface area (Å²) >= 11 is 4.12. The summed E-state index contributed by atoms with van der Waals surface area (Å²) in [5, 5.41) is 0. The van der Waals surface area contributed by atoms with Crippen LogP contribution in [0.5, 0.6) is 0 Å². The SMILES string of the molecule is Cc1ccc(S(=O)(=O)/C(Sc2ccccc2)=S2/C([Si](C)(C)C)C([Si](C)(C)C)SC2(Sc2ccccc2)S(=O)(=O)c2ccc(C)cc2)cc1. The van der Waals surface area contributed by atoms with Gasteiger partial charge in [0.15, 0.2) is 0 Å². The van der Waals surface area contributed by atoms with Crippen molar-refractivity contribution in [3.05, 3.63) is 120 Å². The van der Waals surface area contributed by atoms with Crippen LogP contribution in [0.3, 0.4) is 0 Å². The quantitative estimate of drug-likeness (QED) is 0.100. The predicted molar refractivity (Wildman–Crippen MR) is 219 cm³/mol. The van der Waals surface area contributed by atoms with Crippen molar-refractivity contribution < 1.29 is 16.8 Å². The molecule has 4 unspecified atom stereocenters. The van der Waals surface area contributed by atoms with Crippen LogP contribution < -0.4 is 0 Å². The Kier molecular flexibility index (Phi) is 11.2. The molecule has 1 saturated heterocycles. The smallest absolute Gasteiger partial charge is 0.218 e. The van der Waals surface area contributed by atoms with Gasteiger partial charge in [0.2, 0.25) is 22.4 Å². The molecule has 256 valence electrons. The average Bonchev–Trinajstić information content (AvgIpc) is 3.39. The van der Waals surface area contributed by atoms with Crippen LogP contribution in [0.1, 0.15) is 11.1 Å². The van der Waals surface area contributed by atoms with Gasteiger partial charge in [-0.2, -0.15) is 0 Å². The number of hydrogen-bond donors (Lipinski definition) is 0. The Labute approximate surface area is 305 Å². The molecular formula is C36H44O4S6Si2. The van der Waals surface area contributed by atoms with Crippen LogP contribution >= 0.6 is 45.8 Å². The zero-order valence-electron chi connectivity index (χ0n) is 28.6. The largest absolute Gasteiger partial charge is 0.220 e. The van der Waals surface area contributed by atoms with Gasteiger partial charge in [0.1, 0.15) is 3.53 Å². The molecule has 48 heavy (non-hydrogen) atoms. The van der Waals surface area contributed by atoms with Crippen molar-refractivity contribution in [3.8, 4) is 0 Å². The normalized spacial score (nSPS) is 22.4. The second-order valence-electron chi connectivity index (χ2n) is 14.2. The molecule has 4 aromatic rings. The zero-order valence-corrected chi connectivity index (χ0v) is 35.5. The van der Waals surface area contributed by atoms with Crippen molar-refractivity contribution in [2.45, 2.75) is 85.2 Å². The highest BCUT2D eigenvalue weighted by atomic mass is 32.4. The standard InChI is InChI=1S/C36H44O4S6Si2/c1-27-19-23-31(24-20-27)45(37,38)35(41-29-15-11-9-12-16-29)44-34(48(6,7)8)33(47(3,4)5)43-36(44,42-30-17-13-10-14-18-30)46(39,40)32-25-21-28(2)22-26-32/h9-26,33-34H,1-8H3. The van der Waals surface area contributed by atoms with Crippen LogP contribution in [0.25, 0.3) is 0 Å². The van der Waals surface area contributed by atoms with Crippen molar-refractivity contribution in [1.82, 2.24) is 0 Å². The minimum Gasteiger partial charge on any atom is -0.220 e. The molecule has 4 aromatic carbocycles. The lowest BCUT2D eigenvalue weighted by Gasteiger charge is -2.38. The predicted octanol–water partition coefficient (Wildman–Crippen LogP) is 10.3. The summed E-state index contributed by atoms with van der Waals surface area (Å²) in [6.45, 7) is 17.7. The van der Waals surface area contributed by atoms with E-state index in [1.54, 1.807) is 36.0 Å². The molecule has 12 heteroatoms. The van der Waals surface area contributed by atoms with E-state index in [2.05, 4.69) is 39.3 Å². The molecule has 0 aromatic heterocycles. The van der Waals surface area contributed by atoms with E-state index in [9.17, 15) is 0 Å². The highest BCUT2D eigenvalue weighted by molar-refractivity contribution is 8.62. The average molecular weight is 789 g/mol. The second-order valence-corrected chi connectivity index (χ2v) is 38.0. The third-order valence-corrected chi connectivity index (χ3v) is 33.4. The first kappa shape index (κ1) is 37.7. The van der Waals surface area contributed by atoms with Crippen LogP contribution in [0.15, 0.2) is 129 Å². The second kappa shape index (κ2) is 14.2. The Bertz CT molecular complexity index is 2000. The summed E-state index contributed by atoms with van der Waals surface area (Å²) in [6, 6.07) is 33.3. The van der Waals surface area contributed by atoms with Crippen molar-refractivity contribution in [1.29, 1.82) is 0 Å². The lowest BCUT2D eigenvalue weighted by Crippen LogP contribution is -2.51. The van der Waals surface area contributed by atoms with Crippen LogP contribution in [0.4, 0.5) is 0 Å². The van der Waals surface area contributed by atoms with Crippen LogP contribution in [-0.4, -0.2) is 49.0 Å². The fourth-order valence-corrected chi connectivity index (χ4v) is 38.1. The molecule has 0 bridgehead atoms. The van der Waals surface area contributed by atoms with Gasteiger partial charge in [0, 0.05) is 19.5 Å². The summed E-state index contributed by atoms with van der Waals surface area (Å²) < 4.78 is 60.6. The van der Waals surface area contributed by atoms with E-state index in [0.29, 0.717) is 0 Å². The van der Waals surface area contributed by atoms with Gasteiger partial charge in [-0.25, -0.2) is 16.8 Å². The Morgan fingerprint density at radius 3 is 1.56 bits per heavy atom. The number of sulfone groups is 2. The first-order valence-corrected chi connectivity index (χ1v) is 29.7. The van der Waals surface area contributed by atoms with Crippen LogP contribution in [-0.2, 0) is 19.7 Å². The monoisotopic (exact) mass is 788 g/mol. The highest BCUT2D eigenvalue weighted by Gasteiger charge is 2.65. The van der Waals surface area contributed by atoms with Gasteiger partial charge in [0.25, 0.3) is 0 Å². The van der Waals surface area contributed by atoms with E-state index in [-0.39, 0.29) is 23.1 Å². The van der Waals surface area contributed by atoms with Gasteiger partial charge >= 0.3 is 0 Å². The minimum absolute atomic E-state index is 0.00327. The molecule has 0 aliphatic carbocycles. The lowest BCUT2D eigenvalue weighted by molar-refractivity contribution is 0.597. The van der Waals surface area contributed by atoms with Crippen molar-refractivity contribution in [2.24, 2.45) is 0 Å². The van der Waals surface area contributed by atoms with E-state index in [4.69, 9.17) is 0 Å². The molecule has 0 N–H and O–H groups in total. The van der Waals surface area contributed by atoms with E-state index in [1.807, 2.05) is 98.8 Å². The maximum Gasteiger partial charge on any atom is 0.218 e. The summed E-state index contributed by atoms with van der Waals surface area (Å²) in [7, 11) is -13.9. The fraction of sp³-hybridized carbons (Fsp3) is 0.306. The molecule has 0 radical (unpaired) electrons. The van der Waals surface area contributed by atoms with Gasteiger partial charge in [-0.3, -0.25) is 0 Å². The van der Waals surface area contributed by atoms with Gasteiger partial charge in [-0.05, 0) is 62.4 Å². The van der Waals surface area contributed by atoms with E-state index in [1.165, 1.54) is 23.5 Å². The van der Waals surface area contributed by atoms with Crippen molar-refractivity contribution in [2.75, 3.05) is 0 Å². The summed E-state index contributed by atoms with van der Waals surface area (Å²) in [6.07, 6.45) is 0. The molecule has 1 aliphatic rings. The third-order valence-electron chi connectivity index (χ3n) is 8.10. The van der Waals surface area contributed by atoms with E-state index < -0.39 is 49.0 Å². The number of rotatable bonds is 8. The molecule has 0 saturated carbocycles. The topological polar surface area (TPSA) is 68.3 Å². The van der Waals surface area contributed by atoms with Crippen LogP contribution in [0, 0.1) is 13.8 Å². The number of thioether (sulfide) groups is 3. The van der Waals surface area contributed by atoms with Gasteiger partial charge < -0.3 is 0 Å². The molecule has 1 aliphatic heterocycles. The third kappa shape index (κ3) is 7.56. The molecule has 0 spiro atoms. The molecular weight excluding hydrogens is 745 g/mol. The minimum atomic E-state index is -4.15. The molecule has 1 heterocycles. The zero-order chi connectivity index (χ0) is 35.1. The lowest BCUT2D eigenvalue weighted by atomic mass is 10.2. The van der Waals surface area contributed by atoms with E-state index in [0.717, 1.165) is 20.9 Å². The molecule has 0 amide bonds. The molecule has 1 fully saturated rings. The fourth-order valence-electron chi connectivity index (χ4n) is 5.61. The van der Waals surface area contributed by atoms with Gasteiger partial charge in [0.05, 0.1) is 25.9 Å². The van der Waals surface area contributed by atoms with Crippen LogP contribution in [0.2, 0.25) is 39.3 Å². The first-order chi connectivity index (χ1) is 22.4. The molecule has 4 atom stereocenters. The van der Waals surface area contributed by atoms with E-state index >= 15 is 16.8 Å². The summed E-state index contributed by atoms with van der Waals surface area (Å²) in [5.74, 6) is 0. The maximum atomic E-state index is 15.7. The summed E-state index contributed by atoms with van der Waals surface area (Å²) in [5.41, 5.74) is 1.92. The Hall–Kier alpha value is -1.52. The number of hydrogen-bond acceptors (Lipinski definition) is 7. The van der Waals surface area contributed by atoms with Gasteiger partial charge in [-0.15, -0.1) is 22.2 Å². The molecule has 4 nitrogen and oxygen atoms in total. The van der Waals surface area contributed by atoms with Gasteiger partial charge in [-0.1, -0.05) is 135 Å². The Morgan fingerprint density at radius 2 is 1.10 bits per heavy atom. The first-order valence-electron chi connectivity index (χ1n) is 15.8. The Balaban J connectivity index is 2.01. The molecule has 5 rings (SSSR count). The number of aryl methyl sites for hydroxylation is 2. The highest BCUT2D eigenvalue weighted by Crippen LogP contribution is 2.72. The van der Waals surface area contributed by atoms with Crippen molar-refractivity contribution in [3.63, 3.8) is 0 Å². The maximum absolute atomic E-state index is 15.7.